The van der Waals surface area contributed by atoms with Crippen molar-refractivity contribution in [2.75, 3.05) is 5.32 Å². The van der Waals surface area contributed by atoms with E-state index in [9.17, 15) is 9.90 Å². The summed E-state index contributed by atoms with van der Waals surface area (Å²) in [5.41, 5.74) is -0.478. The summed E-state index contributed by atoms with van der Waals surface area (Å²) in [5, 5.41) is 23.9. The number of aromatic nitrogens is 5. The van der Waals surface area contributed by atoms with Gasteiger partial charge in [-0.25, -0.2) is 4.79 Å². The Morgan fingerprint density at radius 2 is 2.20 bits per heavy atom. The van der Waals surface area contributed by atoms with Crippen LogP contribution in [0.25, 0.3) is 5.65 Å². The lowest BCUT2D eigenvalue weighted by molar-refractivity contribution is -0.143. The van der Waals surface area contributed by atoms with Crippen LogP contribution in [0.2, 0.25) is 0 Å². The van der Waals surface area contributed by atoms with Gasteiger partial charge >= 0.3 is 5.97 Å². The van der Waals surface area contributed by atoms with Crippen LogP contribution in [0, 0.1) is 5.92 Å². The van der Waals surface area contributed by atoms with Crippen molar-refractivity contribution in [3.63, 3.8) is 0 Å². The molecule has 106 valence electrons. The minimum absolute atomic E-state index is 0.486. The molecule has 0 aromatic carbocycles. The van der Waals surface area contributed by atoms with Gasteiger partial charge in [-0.3, -0.25) is 4.98 Å². The number of hydrogen-bond acceptors (Lipinski definition) is 6. The molecule has 1 aliphatic carbocycles. The predicted molar refractivity (Wildman–Crippen MR) is 70.2 cm³/mol. The van der Waals surface area contributed by atoms with E-state index < -0.39 is 11.5 Å². The molecule has 0 atom stereocenters. The van der Waals surface area contributed by atoms with Gasteiger partial charge in [-0.2, -0.15) is 4.52 Å². The Bertz CT molecular complexity index is 632. The molecule has 0 amide bonds. The Morgan fingerprint density at radius 1 is 1.45 bits per heavy atom. The largest absolute Gasteiger partial charge is 0.480 e. The Balaban J connectivity index is 1.94. The highest BCUT2D eigenvalue weighted by molar-refractivity contribution is 5.82. The van der Waals surface area contributed by atoms with Crippen LogP contribution in [-0.4, -0.2) is 41.6 Å². The maximum atomic E-state index is 11.7. The zero-order valence-corrected chi connectivity index (χ0v) is 11.2. The molecule has 2 heterocycles. The second-order valence-corrected chi connectivity index (χ2v) is 5.44. The number of hydrogen-bond donors (Lipinski definition) is 2. The Kier molecular flexibility index (Phi) is 3.00. The van der Waals surface area contributed by atoms with E-state index in [0.29, 0.717) is 30.2 Å². The van der Waals surface area contributed by atoms with Gasteiger partial charge in [-0.05, 0) is 42.0 Å². The van der Waals surface area contributed by atoms with Gasteiger partial charge in [0.2, 0.25) is 0 Å². The van der Waals surface area contributed by atoms with Crippen LogP contribution in [0.1, 0.15) is 32.6 Å². The predicted octanol–water partition coefficient (Wildman–Crippen LogP) is 0.965. The van der Waals surface area contributed by atoms with Gasteiger partial charge in [0.05, 0.1) is 12.4 Å². The number of carboxylic acids is 1. The third kappa shape index (κ3) is 2.06. The average Bonchev–Trinajstić information content (AvgIpc) is 2.91. The van der Waals surface area contributed by atoms with Crippen molar-refractivity contribution in [3.05, 3.63) is 12.4 Å². The van der Waals surface area contributed by atoms with Crippen molar-refractivity contribution in [2.24, 2.45) is 5.92 Å². The van der Waals surface area contributed by atoms with Gasteiger partial charge in [-0.1, -0.05) is 6.92 Å². The highest BCUT2D eigenvalue weighted by Crippen LogP contribution is 2.34. The molecule has 0 radical (unpaired) electrons. The van der Waals surface area contributed by atoms with Crippen LogP contribution < -0.4 is 5.32 Å². The molecule has 0 bridgehead atoms. The van der Waals surface area contributed by atoms with Crippen molar-refractivity contribution < 1.29 is 9.90 Å². The van der Waals surface area contributed by atoms with E-state index in [0.717, 1.165) is 12.8 Å². The summed E-state index contributed by atoms with van der Waals surface area (Å²) in [6.07, 6.45) is 6.02. The van der Waals surface area contributed by atoms with E-state index in [1.807, 2.05) is 0 Å². The minimum atomic E-state index is -0.964. The lowest BCUT2D eigenvalue weighted by Crippen LogP contribution is -2.49. The van der Waals surface area contributed by atoms with Crippen LogP contribution in [-0.2, 0) is 4.79 Å². The zero-order chi connectivity index (χ0) is 14.2. The second-order valence-electron chi connectivity index (χ2n) is 5.44. The van der Waals surface area contributed by atoms with Crippen molar-refractivity contribution in [3.8, 4) is 0 Å². The fraction of sp³-hybridized carbons (Fsp3) is 0.583. The van der Waals surface area contributed by atoms with E-state index in [1.165, 1.54) is 10.7 Å². The molecule has 20 heavy (non-hydrogen) atoms. The first kappa shape index (κ1) is 12.8. The maximum absolute atomic E-state index is 11.7. The Morgan fingerprint density at radius 3 is 2.90 bits per heavy atom. The number of anilines is 1. The molecule has 2 N–H and O–H groups in total. The average molecular weight is 276 g/mol. The SMILES string of the molecule is CC1CCC(Nc2cncc3nnnn23)(C(=O)O)CC1. The Hall–Kier alpha value is -2.25. The number of nitrogens with one attached hydrogen (secondary N) is 1. The van der Waals surface area contributed by atoms with E-state index in [1.54, 1.807) is 6.20 Å². The molecule has 0 saturated heterocycles. The van der Waals surface area contributed by atoms with Crippen LogP contribution in [0.5, 0.6) is 0 Å². The van der Waals surface area contributed by atoms with Gasteiger partial charge in [0.25, 0.3) is 0 Å². The van der Waals surface area contributed by atoms with Crippen LogP contribution >= 0.6 is 0 Å². The van der Waals surface area contributed by atoms with Crippen molar-refractivity contribution >= 4 is 17.4 Å². The van der Waals surface area contributed by atoms with Gasteiger partial charge in [0, 0.05) is 0 Å². The maximum Gasteiger partial charge on any atom is 0.329 e. The van der Waals surface area contributed by atoms with Crippen molar-refractivity contribution in [1.29, 1.82) is 0 Å². The summed E-state index contributed by atoms with van der Waals surface area (Å²) < 4.78 is 1.47. The molecule has 0 spiro atoms. The van der Waals surface area contributed by atoms with Crippen molar-refractivity contribution in [1.82, 2.24) is 25.0 Å². The minimum Gasteiger partial charge on any atom is -0.480 e. The Labute approximate surface area is 115 Å². The van der Waals surface area contributed by atoms with Crippen LogP contribution in [0.3, 0.4) is 0 Å². The summed E-state index contributed by atoms with van der Waals surface area (Å²) in [7, 11) is 0. The molecular weight excluding hydrogens is 260 g/mol. The molecule has 0 unspecified atom stereocenters. The fourth-order valence-corrected chi connectivity index (χ4v) is 2.65. The molecule has 3 rings (SSSR count). The molecule has 2 aromatic heterocycles. The summed E-state index contributed by atoms with van der Waals surface area (Å²) in [4.78, 5) is 15.8. The molecule has 1 saturated carbocycles. The molecule has 0 aliphatic heterocycles. The van der Waals surface area contributed by atoms with Gasteiger partial charge in [0.15, 0.2) is 11.5 Å². The normalized spacial score (nSPS) is 26.6. The monoisotopic (exact) mass is 276 g/mol. The first-order valence-electron chi connectivity index (χ1n) is 6.64. The van der Waals surface area contributed by atoms with Gasteiger partial charge < -0.3 is 10.4 Å². The van der Waals surface area contributed by atoms with Crippen molar-refractivity contribution in [2.45, 2.75) is 38.1 Å². The molecule has 1 fully saturated rings. The molecule has 8 heteroatoms. The van der Waals surface area contributed by atoms with E-state index in [2.05, 4.69) is 32.7 Å². The smallest absolute Gasteiger partial charge is 0.329 e. The second kappa shape index (κ2) is 4.69. The van der Waals surface area contributed by atoms with E-state index in [4.69, 9.17) is 0 Å². The quantitative estimate of drug-likeness (QED) is 0.860. The number of carboxylic acid groups (broad SMARTS) is 1. The third-order valence-electron chi connectivity index (χ3n) is 4.01. The number of tetrazole rings is 1. The first-order chi connectivity index (χ1) is 9.61. The zero-order valence-electron chi connectivity index (χ0n) is 11.2. The number of rotatable bonds is 3. The first-order valence-corrected chi connectivity index (χ1v) is 6.64. The molecular formula is C12H16N6O2. The van der Waals surface area contributed by atoms with Gasteiger partial charge in [-0.15, -0.1) is 5.10 Å². The van der Waals surface area contributed by atoms with Crippen LogP contribution in [0.15, 0.2) is 12.4 Å². The van der Waals surface area contributed by atoms with Crippen LogP contribution in [0.4, 0.5) is 5.82 Å². The number of nitrogens with zero attached hydrogens (tertiary/aromatic N) is 5. The summed E-state index contributed by atoms with van der Waals surface area (Å²) in [6, 6.07) is 0. The topological polar surface area (TPSA) is 105 Å². The van der Waals surface area contributed by atoms with E-state index >= 15 is 0 Å². The summed E-state index contributed by atoms with van der Waals surface area (Å²) >= 11 is 0. The summed E-state index contributed by atoms with van der Waals surface area (Å²) in [5.74, 6) is 0.227. The molecule has 2 aromatic rings. The molecule has 1 aliphatic rings. The standard InChI is InChI=1S/C12H16N6O2/c1-8-2-4-12(5-3-8,11(19)20)14-9-6-13-7-10-15-16-17-18(9)10/h6-8,14H,2-5H2,1H3,(H,19,20). The number of aliphatic carboxylic acids is 1. The number of fused-ring (bicyclic) bond motifs is 1. The highest BCUT2D eigenvalue weighted by Gasteiger charge is 2.41. The van der Waals surface area contributed by atoms with Gasteiger partial charge in [0.1, 0.15) is 5.54 Å². The highest BCUT2D eigenvalue weighted by atomic mass is 16.4. The number of carbonyl (C=O) groups is 1. The lowest BCUT2D eigenvalue weighted by Gasteiger charge is -2.36. The van der Waals surface area contributed by atoms with E-state index in [-0.39, 0.29) is 0 Å². The summed E-state index contributed by atoms with van der Waals surface area (Å²) in [6.45, 7) is 2.15. The third-order valence-corrected chi connectivity index (χ3v) is 4.01. The molecule has 8 nitrogen and oxygen atoms in total. The fourth-order valence-electron chi connectivity index (χ4n) is 2.65. The lowest BCUT2D eigenvalue weighted by atomic mass is 9.77.